The second-order valence-electron chi connectivity index (χ2n) is 2.80. The largest absolute Gasteiger partial charge is 0.268 e. The molecule has 2 aromatic rings. The lowest BCUT2D eigenvalue weighted by Crippen LogP contribution is -1.97. The molecule has 0 radical (unpaired) electrons. The van der Waals surface area contributed by atoms with Crippen LogP contribution in [0.25, 0.3) is 5.69 Å². The molecule has 5 heteroatoms. The molecule has 1 aromatic carbocycles. The van der Waals surface area contributed by atoms with Gasteiger partial charge in [-0.3, -0.25) is 4.57 Å². The fourth-order valence-corrected chi connectivity index (χ4v) is 1.71. The maximum atomic E-state index is 6.02. The summed E-state index contributed by atoms with van der Waals surface area (Å²) >= 11 is 11.9. The Morgan fingerprint density at radius 2 is 1.86 bits per heavy atom. The topological polar surface area (TPSA) is 30.7 Å². The van der Waals surface area contributed by atoms with E-state index in [0.29, 0.717) is 16.1 Å². The zero-order valence-electron chi connectivity index (χ0n) is 7.41. The Kier molecular flexibility index (Phi) is 2.44. The molecule has 0 aliphatic carbocycles. The predicted molar refractivity (Wildman–Crippen MR) is 56.1 cm³/mol. The molecule has 2 rings (SSSR count). The van der Waals surface area contributed by atoms with Crippen molar-refractivity contribution < 1.29 is 0 Å². The first-order valence-corrected chi connectivity index (χ1v) is 4.78. The van der Waals surface area contributed by atoms with Crippen molar-refractivity contribution in [3.8, 4) is 5.69 Å². The van der Waals surface area contributed by atoms with Gasteiger partial charge in [0.15, 0.2) is 0 Å². The SMILES string of the molecule is Cc1nnc(Cl)n1-c1ccccc1Cl. The van der Waals surface area contributed by atoms with Crippen molar-refractivity contribution in [2.24, 2.45) is 0 Å². The minimum atomic E-state index is 0.315. The van der Waals surface area contributed by atoms with Crippen molar-refractivity contribution in [2.45, 2.75) is 6.92 Å². The molecular formula is C9H7Cl2N3. The van der Waals surface area contributed by atoms with Crippen molar-refractivity contribution in [3.05, 3.63) is 40.4 Å². The van der Waals surface area contributed by atoms with E-state index >= 15 is 0 Å². The van der Waals surface area contributed by atoms with Gasteiger partial charge in [-0.1, -0.05) is 23.7 Å². The average molecular weight is 228 g/mol. The zero-order valence-corrected chi connectivity index (χ0v) is 8.92. The lowest BCUT2D eigenvalue weighted by atomic mass is 10.3. The highest BCUT2D eigenvalue weighted by Crippen LogP contribution is 2.23. The van der Waals surface area contributed by atoms with Crippen LogP contribution in [0.3, 0.4) is 0 Å². The minimum absolute atomic E-state index is 0.315. The van der Waals surface area contributed by atoms with E-state index in [1.54, 1.807) is 10.6 Å². The van der Waals surface area contributed by atoms with Crippen LogP contribution in [0.1, 0.15) is 5.82 Å². The van der Waals surface area contributed by atoms with E-state index in [-0.39, 0.29) is 0 Å². The van der Waals surface area contributed by atoms with Crippen molar-refractivity contribution in [3.63, 3.8) is 0 Å². The van der Waals surface area contributed by atoms with Gasteiger partial charge in [0.25, 0.3) is 0 Å². The average Bonchev–Trinajstić information content (AvgIpc) is 2.48. The fourth-order valence-electron chi connectivity index (χ4n) is 1.24. The van der Waals surface area contributed by atoms with Crippen molar-refractivity contribution in [1.82, 2.24) is 14.8 Å². The van der Waals surface area contributed by atoms with Crippen LogP contribution in [0, 0.1) is 6.92 Å². The number of nitrogens with zero attached hydrogens (tertiary/aromatic N) is 3. The van der Waals surface area contributed by atoms with Gasteiger partial charge in [-0.15, -0.1) is 10.2 Å². The van der Waals surface area contributed by atoms with Crippen LogP contribution >= 0.6 is 23.2 Å². The number of aromatic nitrogens is 3. The first-order chi connectivity index (χ1) is 6.70. The molecule has 0 amide bonds. The summed E-state index contributed by atoms with van der Waals surface area (Å²) in [6, 6.07) is 7.41. The number of hydrogen-bond acceptors (Lipinski definition) is 2. The van der Waals surface area contributed by atoms with Crippen LogP contribution in [0.5, 0.6) is 0 Å². The first kappa shape index (κ1) is 9.49. The molecule has 0 N–H and O–H groups in total. The number of aryl methyl sites for hydroxylation is 1. The van der Waals surface area contributed by atoms with Crippen LogP contribution in [0.2, 0.25) is 10.3 Å². The van der Waals surface area contributed by atoms with Gasteiger partial charge < -0.3 is 0 Å². The second kappa shape index (κ2) is 3.59. The fraction of sp³-hybridized carbons (Fsp3) is 0.111. The van der Waals surface area contributed by atoms with Gasteiger partial charge in [-0.25, -0.2) is 0 Å². The van der Waals surface area contributed by atoms with Crippen LogP contribution in [-0.4, -0.2) is 14.8 Å². The van der Waals surface area contributed by atoms with Crippen LogP contribution in [-0.2, 0) is 0 Å². The van der Waals surface area contributed by atoms with Gasteiger partial charge in [0.2, 0.25) is 5.28 Å². The third-order valence-electron chi connectivity index (χ3n) is 1.88. The zero-order chi connectivity index (χ0) is 10.1. The van der Waals surface area contributed by atoms with E-state index in [0.717, 1.165) is 5.69 Å². The van der Waals surface area contributed by atoms with Gasteiger partial charge in [0.05, 0.1) is 10.7 Å². The van der Waals surface area contributed by atoms with E-state index in [2.05, 4.69) is 10.2 Å². The Morgan fingerprint density at radius 3 is 2.43 bits per heavy atom. The molecule has 0 spiro atoms. The first-order valence-electron chi connectivity index (χ1n) is 4.02. The number of hydrogen-bond donors (Lipinski definition) is 0. The van der Waals surface area contributed by atoms with E-state index in [9.17, 15) is 0 Å². The van der Waals surface area contributed by atoms with Crippen molar-refractivity contribution in [1.29, 1.82) is 0 Å². The lowest BCUT2D eigenvalue weighted by molar-refractivity contribution is 0.970. The van der Waals surface area contributed by atoms with E-state index in [4.69, 9.17) is 23.2 Å². The van der Waals surface area contributed by atoms with Gasteiger partial charge in [0, 0.05) is 0 Å². The third kappa shape index (κ3) is 1.49. The Bertz CT molecular complexity index is 445. The predicted octanol–water partition coefficient (Wildman–Crippen LogP) is 2.88. The lowest BCUT2D eigenvalue weighted by Gasteiger charge is -2.06. The number of halogens is 2. The molecule has 14 heavy (non-hydrogen) atoms. The molecule has 0 atom stereocenters. The Hall–Kier alpha value is -1.06. The van der Waals surface area contributed by atoms with Gasteiger partial charge in [-0.2, -0.15) is 0 Å². The second-order valence-corrected chi connectivity index (χ2v) is 3.55. The van der Waals surface area contributed by atoms with Gasteiger partial charge >= 0.3 is 0 Å². The molecule has 0 aliphatic rings. The summed E-state index contributed by atoms with van der Waals surface area (Å²) in [6.45, 7) is 1.82. The Balaban J connectivity index is 2.66. The number of para-hydroxylation sites is 1. The quantitative estimate of drug-likeness (QED) is 0.751. The van der Waals surface area contributed by atoms with Crippen molar-refractivity contribution in [2.75, 3.05) is 0 Å². The molecule has 0 saturated carbocycles. The molecule has 1 aromatic heterocycles. The summed E-state index contributed by atoms with van der Waals surface area (Å²) in [4.78, 5) is 0. The highest BCUT2D eigenvalue weighted by Gasteiger charge is 2.10. The summed E-state index contributed by atoms with van der Waals surface area (Å²) < 4.78 is 1.70. The molecule has 72 valence electrons. The third-order valence-corrected chi connectivity index (χ3v) is 2.44. The smallest absolute Gasteiger partial charge is 0.229 e. The summed E-state index contributed by atoms with van der Waals surface area (Å²) in [5.74, 6) is 0.711. The summed E-state index contributed by atoms with van der Waals surface area (Å²) in [5, 5.41) is 8.55. The number of rotatable bonds is 1. The monoisotopic (exact) mass is 227 g/mol. The Labute approximate surface area is 91.3 Å². The van der Waals surface area contributed by atoms with Crippen LogP contribution < -0.4 is 0 Å². The minimum Gasteiger partial charge on any atom is -0.268 e. The van der Waals surface area contributed by atoms with Crippen molar-refractivity contribution >= 4 is 23.2 Å². The maximum Gasteiger partial charge on any atom is 0.229 e. The highest BCUT2D eigenvalue weighted by molar-refractivity contribution is 6.33. The Morgan fingerprint density at radius 1 is 1.14 bits per heavy atom. The number of benzene rings is 1. The normalized spacial score (nSPS) is 10.5. The van der Waals surface area contributed by atoms with Gasteiger partial charge in [-0.05, 0) is 30.7 Å². The molecule has 0 bridgehead atoms. The summed E-state index contributed by atoms with van der Waals surface area (Å²) in [5.41, 5.74) is 0.793. The molecule has 0 saturated heterocycles. The van der Waals surface area contributed by atoms with Gasteiger partial charge in [0.1, 0.15) is 5.82 Å². The summed E-state index contributed by atoms with van der Waals surface area (Å²) in [7, 11) is 0. The molecular weight excluding hydrogens is 221 g/mol. The van der Waals surface area contributed by atoms with Crippen LogP contribution in [0.15, 0.2) is 24.3 Å². The highest BCUT2D eigenvalue weighted by atomic mass is 35.5. The molecule has 0 unspecified atom stereocenters. The standard InChI is InChI=1S/C9H7Cl2N3/c1-6-12-13-9(11)14(6)8-5-3-2-4-7(8)10/h2-5H,1H3. The van der Waals surface area contributed by atoms with E-state index in [1.807, 2.05) is 25.1 Å². The maximum absolute atomic E-state index is 6.02. The molecule has 0 fully saturated rings. The molecule has 1 heterocycles. The van der Waals surface area contributed by atoms with Crippen LogP contribution in [0.4, 0.5) is 0 Å². The van der Waals surface area contributed by atoms with E-state index < -0.39 is 0 Å². The summed E-state index contributed by atoms with van der Waals surface area (Å²) in [6.07, 6.45) is 0. The molecule has 3 nitrogen and oxygen atoms in total. The molecule has 0 aliphatic heterocycles. The van der Waals surface area contributed by atoms with E-state index in [1.165, 1.54) is 0 Å².